The van der Waals surface area contributed by atoms with E-state index in [0.29, 0.717) is 11.4 Å². The quantitative estimate of drug-likeness (QED) is 0.479. The number of hydrogen-bond donors (Lipinski definition) is 0. The van der Waals surface area contributed by atoms with Crippen molar-refractivity contribution < 1.29 is 4.39 Å². The summed E-state index contributed by atoms with van der Waals surface area (Å²) in [4.78, 5) is 4.32. The molecule has 110 valence electrons. The summed E-state index contributed by atoms with van der Waals surface area (Å²) in [6.45, 7) is 3.09. The van der Waals surface area contributed by atoms with Gasteiger partial charge in [0.2, 0.25) is 0 Å². The monoisotopic (exact) mass is 296 g/mol. The summed E-state index contributed by atoms with van der Waals surface area (Å²) in [7, 11) is 0. The number of alkyl halides is 1. The van der Waals surface area contributed by atoms with Crippen LogP contribution in [0.3, 0.4) is 0 Å². The van der Waals surface area contributed by atoms with Crippen molar-refractivity contribution in [3.63, 3.8) is 0 Å². The van der Waals surface area contributed by atoms with Gasteiger partial charge in [0.15, 0.2) is 5.82 Å². The molecule has 0 bridgehead atoms. The fourth-order valence-corrected chi connectivity index (χ4v) is 2.77. The molecule has 0 atom stereocenters. The number of fused-ring (bicyclic) bond motifs is 1. The third kappa shape index (κ3) is 3.51. The molecule has 0 fully saturated rings. The summed E-state index contributed by atoms with van der Waals surface area (Å²) in [5.74, 6) is 0.820. The van der Waals surface area contributed by atoms with Gasteiger partial charge in [0.25, 0.3) is 0 Å². The Balaban J connectivity index is 2.03. The van der Waals surface area contributed by atoms with Crippen LogP contribution in [0.15, 0.2) is 18.2 Å². The summed E-state index contributed by atoms with van der Waals surface area (Å²) in [5.41, 5.74) is 1.29. The molecule has 1 aromatic carbocycles. The molecule has 0 saturated heterocycles. The first-order chi connectivity index (χ1) is 9.77. The summed E-state index contributed by atoms with van der Waals surface area (Å²) in [6.07, 6.45) is 7.45. The minimum absolute atomic E-state index is 0.268. The Morgan fingerprint density at radius 2 is 1.90 bits per heavy atom. The van der Waals surface area contributed by atoms with Gasteiger partial charge in [-0.1, -0.05) is 45.1 Å². The minimum Gasteiger partial charge on any atom is -0.327 e. The van der Waals surface area contributed by atoms with Gasteiger partial charge in [-0.25, -0.2) is 9.37 Å². The molecule has 0 unspecified atom stereocenters. The van der Waals surface area contributed by atoms with Gasteiger partial charge in [0, 0.05) is 6.54 Å². The van der Waals surface area contributed by atoms with Gasteiger partial charge in [-0.15, -0.1) is 11.6 Å². The van der Waals surface area contributed by atoms with Crippen molar-refractivity contribution in [3.8, 4) is 0 Å². The molecule has 0 spiro atoms. The van der Waals surface area contributed by atoms with Crippen molar-refractivity contribution in [3.05, 3.63) is 29.8 Å². The Bertz CT molecular complexity index is 551. The van der Waals surface area contributed by atoms with E-state index in [1.54, 1.807) is 6.07 Å². The predicted molar refractivity (Wildman–Crippen MR) is 82.6 cm³/mol. The number of aromatic nitrogens is 2. The summed E-state index contributed by atoms with van der Waals surface area (Å²) in [5, 5.41) is 0. The third-order valence-electron chi connectivity index (χ3n) is 3.66. The van der Waals surface area contributed by atoms with Crippen molar-refractivity contribution in [1.29, 1.82) is 0 Å². The van der Waals surface area contributed by atoms with Gasteiger partial charge in [-0.2, -0.15) is 0 Å². The van der Waals surface area contributed by atoms with Crippen molar-refractivity contribution in [1.82, 2.24) is 9.55 Å². The van der Waals surface area contributed by atoms with E-state index in [-0.39, 0.29) is 5.82 Å². The smallest absolute Gasteiger partial charge is 0.151 e. The summed E-state index contributed by atoms with van der Waals surface area (Å²) in [6, 6.07) is 5.09. The van der Waals surface area contributed by atoms with Crippen molar-refractivity contribution in [2.45, 2.75) is 57.9 Å². The van der Waals surface area contributed by atoms with Gasteiger partial charge in [-0.05, 0) is 18.6 Å². The number of hydrogen-bond acceptors (Lipinski definition) is 1. The summed E-state index contributed by atoms with van der Waals surface area (Å²) < 4.78 is 15.8. The standard InChI is InChI=1S/C16H22ClFN2/c1-2-3-4-5-6-7-11-20-14-10-8-9-13(18)16(14)19-15(20)12-17/h8-10H,2-7,11-12H2,1H3. The Kier molecular flexibility index (Phi) is 5.84. The number of halogens is 2. The molecule has 0 aliphatic heterocycles. The number of imidazole rings is 1. The van der Waals surface area contributed by atoms with Gasteiger partial charge in [-0.3, -0.25) is 0 Å². The van der Waals surface area contributed by atoms with E-state index in [4.69, 9.17) is 11.6 Å². The van der Waals surface area contributed by atoms with Crippen LogP contribution in [0.25, 0.3) is 11.0 Å². The second-order valence-electron chi connectivity index (χ2n) is 5.19. The van der Waals surface area contributed by atoms with Gasteiger partial charge in [0.05, 0.1) is 11.4 Å². The molecule has 0 amide bonds. The van der Waals surface area contributed by atoms with Gasteiger partial charge in [0.1, 0.15) is 11.3 Å². The zero-order chi connectivity index (χ0) is 14.4. The Morgan fingerprint density at radius 1 is 1.15 bits per heavy atom. The van der Waals surface area contributed by atoms with Crippen LogP contribution in [0.5, 0.6) is 0 Å². The van der Waals surface area contributed by atoms with E-state index in [0.717, 1.165) is 24.3 Å². The van der Waals surface area contributed by atoms with Crippen molar-refractivity contribution in [2.75, 3.05) is 0 Å². The lowest BCUT2D eigenvalue weighted by Gasteiger charge is -2.07. The molecule has 20 heavy (non-hydrogen) atoms. The largest absolute Gasteiger partial charge is 0.327 e. The lowest BCUT2D eigenvalue weighted by molar-refractivity contribution is 0.557. The molecular weight excluding hydrogens is 275 g/mol. The zero-order valence-corrected chi connectivity index (χ0v) is 12.8. The van der Waals surface area contributed by atoms with Crippen LogP contribution in [0.2, 0.25) is 0 Å². The average Bonchev–Trinajstić information content (AvgIpc) is 2.82. The van der Waals surface area contributed by atoms with Crippen LogP contribution in [0, 0.1) is 5.82 Å². The number of unbranched alkanes of at least 4 members (excludes halogenated alkanes) is 5. The molecule has 2 nitrogen and oxygen atoms in total. The van der Waals surface area contributed by atoms with Crippen LogP contribution < -0.4 is 0 Å². The number of aryl methyl sites for hydroxylation is 1. The zero-order valence-electron chi connectivity index (χ0n) is 12.0. The average molecular weight is 297 g/mol. The molecular formula is C16H22ClFN2. The van der Waals surface area contributed by atoms with Crippen LogP contribution in [-0.4, -0.2) is 9.55 Å². The lowest BCUT2D eigenvalue weighted by atomic mass is 10.1. The highest BCUT2D eigenvalue weighted by Crippen LogP contribution is 2.21. The first-order valence-corrected chi connectivity index (χ1v) is 8.01. The molecule has 4 heteroatoms. The van der Waals surface area contributed by atoms with E-state index >= 15 is 0 Å². The maximum atomic E-state index is 13.7. The van der Waals surface area contributed by atoms with Crippen molar-refractivity contribution >= 4 is 22.6 Å². The van der Waals surface area contributed by atoms with E-state index in [2.05, 4.69) is 16.5 Å². The number of nitrogens with zero attached hydrogens (tertiary/aromatic N) is 2. The van der Waals surface area contributed by atoms with E-state index in [1.807, 2.05) is 6.07 Å². The van der Waals surface area contributed by atoms with E-state index < -0.39 is 0 Å². The molecule has 0 saturated carbocycles. The lowest BCUT2D eigenvalue weighted by Crippen LogP contribution is -2.02. The topological polar surface area (TPSA) is 17.8 Å². The Labute approximate surface area is 125 Å². The van der Waals surface area contributed by atoms with Crippen LogP contribution in [0.1, 0.15) is 51.3 Å². The Morgan fingerprint density at radius 3 is 2.65 bits per heavy atom. The SMILES string of the molecule is CCCCCCCCn1c(CCl)nc2c(F)cccc21. The van der Waals surface area contributed by atoms with Crippen LogP contribution in [-0.2, 0) is 12.4 Å². The molecule has 0 aliphatic rings. The molecule has 0 aliphatic carbocycles. The summed E-state index contributed by atoms with van der Waals surface area (Å²) >= 11 is 5.93. The van der Waals surface area contributed by atoms with E-state index in [9.17, 15) is 4.39 Å². The first kappa shape index (κ1) is 15.3. The highest BCUT2D eigenvalue weighted by molar-refractivity contribution is 6.16. The highest BCUT2D eigenvalue weighted by atomic mass is 35.5. The first-order valence-electron chi connectivity index (χ1n) is 7.47. The molecule has 2 aromatic rings. The number of rotatable bonds is 8. The number of para-hydroxylation sites is 1. The molecule has 1 heterocycles. The maximum absolute atomic E-state index is 13.7. The predicted octanol–water partition coefficient (Wildman–Crippen LogP) is 5.27. The Hall–Kier alpha value is -1.09. The van der Waals surface area contributed by atoms with Crippen LogP contribution in [0.4, 0.5) is 4.39 Å². The van der Waals surface area contributed by atoms with Gasteiger partial charge < -0.3 is 4.57 Å². The molecule has 2 rings (SSSR count). The molecule has 1 aromatic heterocycles. The van der Waals surface area contributed by atoms with E-state index in [1.165, 1.54) is 38.2 Å². The van der Waals surface area contributed by atoms with Crippen LogP contribution >= 0.6 is 11.6 Å². The van der Waals surface area contributed by atoms with Gasteiger partial charge >= 0.3 is 0 Å². The number of benzene rings is 1. The maximum Gasteiger partial charge on any atom is 0.151 e. The second-order valence-corrected chi connectivity index (χ2v) is 5.46. The fraction of sp³-hybridized carbons (Fsp3) is 0.562. The molecule has 0 radical (unpaired) electrons. The third-order valence-corrected chi connectivity index (χ3v) is 3.90. The van der Waals surface area contributed by atoms with Crippen molar-refractivity contribution in [2.24, 2.45) is 0 Å². The fourth-order valence-electron chi connectivity index (χ4n) is 2.56. The minimum atomic E-state index is -0.268. The normalized spacial score (nSPS) is 11.3. The molecule has 0 N–H and O–H groups in total. The second kappa shape index (κ2) is 7.63. The highest BCUT2D eigenvalue weighted by Gasteiger charge is 2.12.